The summed E-state index contributed by atoms with van der Waals surface area (Å²) in [7, 11) is 3.18. The molecule has 0 fully saturated rings. The molecule has 1 unspecified atom stereocenters. The summed E-state index contributed by atoms with van der Waals surface area (Å²) in [5.74, 6) is -0.918. The van der Waals surface area contributed by atoms with Gasteiger partial charge in [0, 0.05) is 26.2 Å². The number of allylic oxidation sites excluding steroid dienone is 7. The molecule has 1 atom stereocenters. The predicted molar refractivity (Wildman–Crippen MR) is 95.6 cm³/mol. The van der Waals surface area contributed by atoms with Gasteiger partial charge in [0.05, 0.1) is 12.2 Å². The predicted octanol–water partition coefficient (Wildman–Crippen LogP) is 2.99. The van der Waals surface area contributed by atoms with Gasteiger partial charge in [0.25, 0.3) is 5.91 Å². The third-order valence-corrected chi connectivity index (χ3v) is 3.19. The molecule has 1 N–H and O–H groups in total. The van der Waals surface area contributed by atoms with E-state index in [0.717, 1.165) is 6.42 Å². The van der Waals surface area contributed by atoms with Crippen molar-refractivity contribution in [3.63, 3.8) is 0 Å². The summed E-state index contributed by atoms with van der Waals surface area (Å²) in [6.07, 6.45) is 16.3. The van der Waals surface area contributed by atoms with Crippen molar-refractivity contribution in [2.24, 2.45) is 0 Å². The quantitative estimate of drug-likeness (QED) is 0.452. The fraction of sp³-hybridized carbons (Fsp3) is 0.389. The van der Waals surface area contributed by atoms with E-state index >= 15 is 0 Å². The van der Waals surface area contributed by atoms with Gasteiger partial charge >= 0.3 is 0 Å². The van der Waals surface area contributed by atoms with Crippen LogP contribution in [0.4, 0.5) is 0 Å². The minimum atomic E-state index is -0.430. The average molecular weight is 330 g/mol. The smallest absolute Gasteiger partial charge is 0.287 e. The van der Waals surface area contributed by atoms with Gasteiger partial charge in [-0.2, -0.15) is 0 Å². The van der Waals surface area contributed by atoms with E-state index in [4.69, 9.17) is 0 Å². The molecule has 0 aliphatic rings. The zero-order valence-corrected chi connectivity index (χ0v) is 14.8. The van der Waals surface area contributed by atoms with Crippen LogP contribution in [-0.4, -0.2) is 45.0 Å². The molecule has 1 aromatic heterocycles. The zero-order valence-electron chi connectivity index (χ0n) is 14.8. The fourth-order valence-corrected chi connectivity index (χ4v) is 1.82. The maximum atomic E-state index is 11.6. The standard InChI is InChI=1S/C18H26N4O2/c1-5-6-7-8-9-10-11-12-22-14-16(19-20-22)15(2)13-17(23)18(24)21(3)4/h6-11,13-15,23H,5,12H2,1-4H3/b7-6-,9-8-,11-10+,17-13+. The van der Waals surface area contributed by atoms with Crippen molar-refractivity contribution in [1.29, 1.82) is 0 Å². The summed E-state index contributed by atoms with van der Waals surface area (Å²) in [6, 6.07) is 0. The molecule has 1 amide bonds. The molecule has 1 rings (SSSR count). The van der Waals surface area contributed by atoms with Gasteiger partial charge in [0.15, 0.2) is 5.76 Å². The number of aliphatic hydroxyl groups excluding tert-OH is 1. The van der Waals surface area contributed by atoms with Crippen LogP contribution in [0.1, 0.15) is 31.9 Å². The van der Waals surface area contributed by atoms with Crippen molar-refractivity contribution >= 4 is 5.91 Å². The normalized spacial score (nSPS) is 14.1. The number of hydrogen-bond acceptors (Lipinski definition) is 4. The Morgan fingerprint density at radius 2 is 1.96 bits per heavy atom. The number of carbonyl (C=O) groups excluding carboxylic acids is 1. The van der Waals surface area contributed by atoms with Gasteiger partial charge in [-0.3, -0.25) is 4.79 Å². The molecule has 0 bridgehead atoms. The van der Waals surface area contributed by atoms with Crippen molar-refractivity contribution in [3.05, 3.63) is 60.2 Å². The van der Waals surface area contributed by atoms with E-state index in [0.29, 0.717) is 12.2 Å². The van der Waals surface area contributed by atoms with Crippen molar-refractivity contribution in [3.8, 4) is 0 Å². The Bertz CT molecular complexity index is 639. The third kappa shape index (κ3) is 6.64. The molecule has 1 heterocycles. The van der Waals surface area contributed by atoms with Crippen LogP contribution in [0.2, 0.25) is 0 Å². The number of hydrogen-bond donors (Lipinski definition) is 1. The maximum Gasteiger partial charge on any atom is 0.287 e. The number of nitrogens with zero attached hydrogens (tertiary/aromatic N) is 4. The first-order chi connectivity index (χ1) is 11.5. The molecule has 6 nitrogen and oxygen atoms in total. The van der Waals surface area contributed by atoms with E-state index in [1.54, 1.807) is 25.0 Å². The Labute approximate surface area is 143 Å². The van der Waals surface area contributed by atoms with Crippen LogP contribution in [0.3, 0.4) is 0 Å². The van der Waals surface area contributed by atoms with Gasteiger partial charge in [-0.1, -0.05) is 55.5 Å². The monoisotopic (exact) mass is 330 g/mol. The molecule has 0 aliphatic carbocycles. The number of amides is 1. The summed E-state index contributed by atoms with van der Waals surface area (Å²) in [5.41, 5.74) is 0.697. The van der Waals surface area contributed by atoms with E-state index in [2.05, 4.69) is 23.3 Å². The van der Waals surface area contributed by atoms with E-state index in [9.17, 15) is 9.90 Å². The number of aliphatic hydroxyl groups is 1. The summed E-state index contributed by atoms with van der Waals surface area (Å²) >= 11 is 0. The number of carbonyl (C=O) groups is 1. The van der Waals surface area contributed by atoms with Crippen LogP contribution in [0.25, 0.3) is 0 Å². The minimum Gasteiger partial charge on any atom is -0.503 e. The third-order valence-electron chi connectivity index (χ3n) is 3.19. The van der Waals surface area contributed by atoms with Crippen LogP contribution in [0.5, 0.6) is 0 Å². The van der Waals surface area contributed by atoms with Gasteiger partial charge in [-0.25, -0.2) is 4.68 Å². The Morgan fingerprint density at radius 1 is 1.29 bits per heavy atom. The van der Waals surface area contributed by atoms with E-state index in [1.807, 2.05) is 37.3 Å². The van der Waals surface area contributed by atoms with E-state index in [1.165, 1.54) is 11.0 Å². The molecule has 6 heteroatoms. The van der Waals surface area contributed by atoms with Crippen molar-refractivity contribution < 1.29 is 9.90 Å². The second-order valence-electron chi connectivity index (χ2n) is 5.56. The summed E-state index contributed by atoms with van der Waals surface area (Å²) in [6.45, 7) is 4.55. The summed E-state index contributed by atoms with van der Waals surface area (Å²) < 4.78 is 1.71. The largest absolute Gasteiger partial charge is 0.503 e. The highest BCUT2D eigenvalue weighted by Gasteiger charge is 2.14. The van der Waals surface area contributed by atoms with Crippen LogP contribution in [0, 0.1) is 0 Å². The lowest BCUT2D eigenvalue weighted by Gasteiger charge is -2.10. The lowest BCUT2D eigenvalue weighted by molar-refractivity contribution is -0.127. The number of aromatic nitrogens is 3. The van der Waals surface area contributed by atoms with Gasteiger partial charge in [-0.05, 0) is 12.5 Å². The van der Waals surface area contributed by atoms with Crippen molar-refractivity contribution in [2.75, 3.05) is 14.1 Å². The molecule has 0 saturated carbocycles. The highest BCUT2D eigenvalue weighted by molar-refractivity contribution is 5.90. The minimum absolute atomic E-state index is 0.203. The van der Waals surface area contributed by atoms with E-state index < -0.39 is 5.91 Å². The van der Waals surface area contributed by atoms with Gasteiger partial charge in [-0.15, -0.1) is 5.10 Å². The van der Waals surface area contributed by atoms with E-state index in [-0.39, 0.29) is 11.7 Å². The molecule has 0 saturated heterocycles. The molecule has 0 radical (unpaired) electrons. The maximum absolute atomic E-state index is 11.6. The first-order valence-electron chi connectivity index (χ1n) is 7.96. The van der Waals surface area contributed by atoms with Gasteiger partial charge < -0.3 is 10.0 Å². The molecular weight excluding hydrogens is 304 g/mol. The zero-order chi connectivity index (χ0) is 17.9. The van der Waals surface area contributed by atoms with Crippen LogP contribution in [-0.2, 0) is 11.3 Å². The highest BCUT2D eigenvalue weighted by atomic mass is 16.3. The molecule has 0 aromatic carbocycles. The van der Waals surface area contributed by atoms with Gasteiger partial charge in [0.2, 0.25) is 0 Å². The van der Waals surface area contributed by atoms with Crippen LogP contribution >= 0.6 is 0 Å². The number of rotatable bonds is 8. The second kappa shape index (κ2) is 10.2. The fourth-order valence-electron chi connectivity index (χ4n) is 1.82. The molecule has 130 valence electrons. The van der Waals surface area contributed by atoms with Crippen molar-refractivity contribution in [2.45, 2.75) is 32.7 Å². The van der Waals surface area contributed by atoms with Crippen molar-refractivity contribution in [1.82, 2.24) is 19.9 Å². The Morgan fingerprint density at radius 3 is 2.58 bits per heavy atom. The molecule has 24 heavy (non-hydrogen) atoms. The summed E-state index contributed by atoms with van der Waals surface area (Å²) in [4.78, 5) is 13.0. The first-order valence-corrected chi connectivity index (χ1v) is 7.96. The first kappa shape index (κ1) is 19.4. The Kier molecular flexibility index (Phi) is 8.25. The Hall–Kier alpha value is -2.63. The van der Waals surface area contributed by atoms with Crippen LogP contribution < -0.4 is 0 Å². The lowest BCUT2D eigenvalue weighted by atomic mass is 10.1. The number of likely N-dealkylation sites (N-methyl/N-ethyl adjacent to an activating group) is 1. The topological polar surface area (TPSA) is 71.2 Å². The molecule has 0 aliphatic heterocycles. The molecule has 1 aromatic rings. The highest BCUT2D eigenvalue weighted by Crippen LogP contribution is 2.15. The molecular formula is C18H26N4O2. The summed E-state index contributed by atoms with van der Waals surface area (Å²) in [5, 5.41) is 17.9. The second-order valence-corrected chi connectivity index (χ2v) is 5.56. The van der Waals surface area contributed by atoms with Gasteiger partial charge in [0.1, 0.15) is 0 Å². The lowest BCUT2D eigenvalue weighted by Crippen LogP contribution is -2.23. The molecule has 0 spiro atoms. The Balaban J connectivity index is 2.60. The SMILES string of the molecule is CC\C=C/C=C\C=C\Cn1cc(C(C)/C=C(/O)C(=O)N(C)C)nn1. The average Bonchev–Trinajstić information content (AvgIpc) is 3.02. The van der Waals surface area contributed by atoms with Crippen LogP contribution in [0.15, 0.2) is 54.5 Å².